The lowest BCUT2D eigenvalue weighted by molar-refractivity contribution is 0.425. The molecule has 0 aromatic heterocycles. The van der Waals surface area contributed by atoms with Crippen molar-refractivity contribution >= 4 is 57.5 Å². The molecule has 0 amide bonds. The summed E-state index contributed by atoms with van der Waals surface area (Å²) in [6.07, 6.45) is 0. The van der Waals surface area contributed by atoms with Gasteiger partial charge in [-0.25, -0.2) is 0 Å². The Balaban J connectivity index is 2.29. The SMILES string of the molecule is OB(O)c1ccc2c(c1)c1ccccc1c1c(B(O)O)cccc21. The predicted molar refractivity (Wildman–Crippen MR) is 98.6 cm³/mol. The van der Waals surface area contributed by atoms with Crippen LogP contribution < -0.4 is 10.9 Å². The molecule has 0 aliphatic carbocycles. The summed E-state index contributed by atoms with van der Waals surface area (Å²) < 4.78 is 0. The summed E-state index contributed by atoms with van der Waals surface area (Å²) in [5, 5.41) is 43.8. The van der Waals surface area contributed by atoms with Crippen LogP contribution in [-0.4, -0.2) is 34.3 Å². The molecular weight excluding hydrogens is 302 g/mol. The van der Waals surface area contributed by atoms with Gasteiger partial charge in [0.05, 0.1) is 0 Å². The molecule has 4 nitrogen and oxygen atoms in total. The maximum atomic E-state index is 9.76. The maximum absolute atomic E-state index is 9.76. The molecule has 0 heterocycles. The Hall–Kier alpha value is -2.37. The van der Waals surface area contributed by atoms with Crippen molar-refractivity contribution in [3.05, 3.63) is 60.7 Å². The molecule has 24 heavy (non-hydrogen) atoms. The smallest absolute Gasteiger partial charge is 0.423 e. The molecule has 0 unspecified atom stereocenters. The molecule has 4 aromatic rings. The predicted octanol–water partition coefficient (Wildman–Crippen LogP) is 0.506. The second kappa shape index (κ2) is 5.61. The third-order valence-corrected chi connectivity index (χ3v) is 4.49. The highest BCUT2D eigenvalue weighted by molar-refractivity contribution is 6.63. The van der Waals surface area contributed by atoms with Crippen LogP contribution in [-0.2, 0) is 0 Å². The Morgan fingerprint density at radius 1 is 0.542 bits per heavy atom. The van der Waals surface area contributed by atoms with Crippen LogP contribution in [0.2, 0.25) is 0 Å². The van der Waals surface area contributed by atoms with Crippen LogP contribution in [0.25, 0.3) is 32.3 Å². The highest BCUT2D eigenvalue weighted by Gasteiger charge is 2.19. The van der Waals surface area contributed by atoms with E-state index in [4.69, 9.17) is 0 Å². The van der Waals surface area contributed by atoms with Crippen molar-refractivity contribution in [2.75, 3.05) is 0 Å². The zero-order valence-electron chi connectivity index (χ0n) is 12.7. The molecule has 0 aliphatic rings. The Kier molecular flexibility index (Phi) is 3.55. The standard InChI is InChI=1S/C18H14B2O4/c21-19(22)11-8-9-13-15-6-3-7-17(20(23)24)18(15)14-5-2-1-4-12(14)16(13)10-11/h1-10,21-24H. The van der Waals surface area contributed by atoms with E-state index >= 15 is 0 Å². The van der Waals surface area contributed by atoms with Gasteiger partial charge in [-0.2, -0.15) is 0 Å². The molecule has 4 aromatic carbocycles. The van der Waals surface area contributed by atoms with Crippen molar-refractivity contribution in [1.82, 2.24) is 0 Å². The summed E-state index contributed by atoms with van der Waals surface area (Å²) in [6.45, 7) is 0. The van der Waals surface area contributed by atoms with Gasteiger partial charge in [0.15, 0.2) is 0 Å². The quantitative estimate of drug-likeness (QED) is 0.321. The summed E-state index contributed by atoms with van der Waals surface area (Å²) in [7, 11) is -3.09. The van der Waals surface area contributed by atoms with E-state index in [1.54, 1.807) is 24.3 Å². The minimum absolute atomic E-state index is 0.422. The molecule has 0 atom stereocenters. The molecule has 0 saturated heterocycles. The first kappa shape index (κ1) is 15.2. The first-order valence-electron chi connectivity index (χ1n) is 7.67. The van der Waals surface area contributed by atoms with Gasteiger partial charge in [-0.1, -0.05) is 60.7 Å². The Bertz CT molecular complexity index is 1040. The molecule has 0 spiro atoms. The summed E-state index contributed by atoms with van der Waals surface area (Å²) in [6, 6.07) is 18.4. The third-order valence-electron chi connectivity index (χ3n) is 4.49. The number of hydrogen-bond acceptors (Lipinski definition) is 4. The van der Waals surface area contributed by atoms with Gasteiger partial charge in [0.2, 0.25) is 0 Å². The van der Waals surface area contributed by atoms with Crippen molar-refractivity contribution < 1.29 is 20.1 Å². The van der Waals surface area contributed by atoms with Crippen LogP contribution in [0.3, 0.4) is 0 Å². The Morgan fingerprint density at radius 2 is 1.17 bits per heavy atom. The molecule has 0 fully saturated rings. The second-order valence-electron chi connectivity index (χ2n) is 5.87. The summed E-state index contributed by atoms with van der Waals surface area (Å²) in [5.41, 5.74) is 0.877. The van der Waals surface area contributed by atoms with E-state index in [0.717, 1.165) is 32.3 Å². The molecule has 4 N–H and O–H groups in total. The van der Waals surface area contributed by atoms with Gasteiger partial charge in [-0.15, -0.1) is 0 Å². The molecular formula is C18H14B2O4. The summed E-state index contributed by atoms with van der Waals surface area (Å²) in [4.78, 5) is 0. The highest BCUT2D eigenvalue weighted by atomic mass is 16.4. The molecule has 0 bridgehead atoms. The molecule has 0 saturated carbocycles. The van der Waals surface area contributed by atoms with Gasteiger partial charge in [-0.05, 0) is 43.2 Å². The van der Waals surface area contributed by atoms with Crippen molar-refractivity contribution in [1.29, 1.82) is 0 Å². The van der Waals surface area contributed by atoms with Crippen molar-refractivity contribution in [2.24, 2.45) is 0 Å². The van der Waals surface area contributed by atoms with E-state index < -0.39 is 14.2 Å². The van der Waals surface area contributed by atoms with E-state index in [9.17, 15) is 20.1 Å². The minimum atomic E-state index is -1.56. The summed E-state index contributed by atoms with van der Waals surface area (Å²) >= 11 is 0. The number of hydrogen-bond donors (Lipinski definition) is 4. The maximum Gasteiger partial charge on any atom is 0.489 e. The lowest BCUT2D eigenvalue weighted by atomic mass is 9.74. The fourth-order valence-electron chi connectivity index (χ4n) is 3.43. The molecule has 0 aliphatic heterocycles. The molecule has 0 radical (unpaired) electrons. The van der Waals surface area contributed by atoms with Crippen LogP contribution in [0.15, 0.2) is 60.7 Å². The van der Waals surface area contributed by atoms with Crippen molar-refractivity contribution in [2.45, 2.75) is 0 Å². The van der Waals surface area contributed by atoms with Gasteiger partial charge in [0.25, 0.3) is 0 Å². The van der Waals surface area contributed by atoms with Crippen LogP contribution in [0.5, 0.6) is 0 Å². The minimum Gasteiger partial charge on any atom is -0.423 e. The number of rotatable bonds is 2. The highest BCUT2D eigenvalue weighted by Crippen LogP contribution is 2.33. The van der Waals surface area contributed by atoms with Crippen molar-refractivity contribution in [3.8, 4) is 0 Å². The monoisotopic (exact) mass is 316 g/mol. The molecule has 4 rings (SSSR count). The molecule has 116 valence electrons. The normalized spacial score (nSPS) is 11.3. The third kappa shape index (κ3) is 2.20. The summed E-state index contributed by atoms with van der Waals surface area (Å²) in [5.74, 6) is 0. The van der Waals surface area contributed by atoms with E-state index in [-0.39, 0.29) is 0 Å². The van der Waals surface area contributed by atoms with Crippen LogP contribution in [0, 0.1) is 0 Å². The average molecular weight is 316 g/mol. The topological polar surface area (TPSA) is 80.9 Å². The zero-order valence-corrected chi connectivity index (χ0v) is 12.7. The largest absolute Gasteiger partial charge is 0.489 e. The van der Waals surface area contributed by atoms with Gasteiger partial charge >= 0.3 is 14.2 Å². The average Bonchev–Trinajstić information content (AvgIpc) is 2.60. The lowest BCUT2D eigenvalue weighted by Crippen LogP contribution is -2.30. The van der Waals surface area contributed by atoms with E-state index in [1.807, 2.05) is 36.4 Å². The van der Waals surface area contributed by atoms with Crippen molar-refractivity contribution in [3.63, 3.8) is 0 Å². The number of benzene rings is 4. The van der Waals surface area contributed by atoms with Crippen LogP contribution in [0.1, 0.15) is 0 Å². The second-order valence-corrected chi connectivity index (χ2v) is 5.87. The molecule has 6 heteroatoms. The van der Waals surface area contributed by atoms with Crippen LogP contribution >= 0.6 is 0 Å². The van der Waals surface area contributed by atoms with Gasteiger partial charge in [0.1, 0.15) is 0 Å². The number of fused-ring (bicyclic) bond motifs is 6. The van der Waals surface area contributed by atoms with Gasteiger partial charge < -0.3 is 20.1 Å². The Labute approximate surface area is 138 Å². The fraction of sp³-hybridized carbons (Fsp3) is 0. The van der Waals surface area contributed by atoms with Crippen LogP contribution in [0.4, 0.5) is 0 Å². The fourth-order valence-corrected chi connectivity index (χ4v) is 3.43. The van der Waals surface area contributed by atoms with E-state index in [0.29, 0.717) is 10.9 Å². The first-order chi connectivity index (χ1) is 11.6. The van der Waals surface area contributed by atoms with Gasteiger partial charge in [0, 0.05) is 0 Å². The zero-order chi connectivity index (χ0) is 16.8. The Morgan fingerprint density at radius 3 is 1.83 bits per heavy atom. The lowest BCUT2D eigenvalue weighted by Gasteiger charge is -2.14. The van der Waals surface area contributed by atoms with E-state index in [1.165, 1.54) is 0 Å². The van der Waals surface area contributed by atoms with Gasteiger partial charge in [-0.3, -0.25) is 0 Å². The first-order valence-corrected chi connectivity index (χ1v) is 7.67. The van der Waals surface area contributed by atoms with E-state index in [2.05, 4.69) is 0 Å².